The van der Waals surface area contributed by atoms with E-state index in [1.807, 2.05) is 20.8 Å². The number of carbonyl (C=O) groups is 1. The third kappa shape index (κ3) is 2.68. The molecule has 2 aromatic rings. The molecule has 0 amide bonds. The van der Waals surface area contributed by atoms with E-state index in [9.17, 15) is 9.18 Å². The number of esters is 1. The Morgan fingerprint density at radius 1 is 1.30 bits per heavy atom. The van der Waals surface area contributed by atoms with Crippen molar-refractivity contribution < 1.29 is 18.3 Å². The summed E-state index contributed by atoms with van der Waals surface area (Å²) in [5.74, 6) is -0.707. The van der Waals surface area contributed by atoms with Crippen molar-refractivity contribution in [3.63, 3.8) is 0 Å². The van der Waals surface area contributed by atoms with Gasteiger partial charge in [0.2, 0.25) is 5.89 Å². The van der Waals surface area contributed by atoms with Gasteiger partial charge >= 0.3 is 5.97 Å². The highest BCUT2D eigenvalue weighted by Gasteiger charge is 2.23. The van der Waals surface area contributed by atoms with Gasteiger partial charge in [-0.25, -0.2) is 9.18 Å². The van der Waals surface area contributed by atoms with E-state index in [0.717, 1.165) is 6.07 Å². The van der Waals surface area contributed by atoms with Crippen LogP contribution in [0.2, 0.25) is 0 Å². The number of hydrogen-bond donors (Lipinski definition) is 0. The maximum Gasteiger partial charge on any atom is 0.337 e. The van der Waals surface area contributed by atoms with Gasteiger partial charge in [-0.3, -0.25) is 0 Å². The number of rotatable bonds is 2. The Bertz CT molecular complexity index is 644. The molecule has 0 saturated carbocycles. The molecule has 0 radical (unpaired) electrons. The van der Waals surface area contributed by atoms with E-state index in [1.54, 1.807) is 0 Å². The van der Waals surface area contributed by atoms with Gasteiger partial charge in [-0.15, -0.1) is 10.2 Å². The minimum absolute atomic E-state index is 0.0869. The first-order valence-corrected chi connectivity index (χ1v) is 6.05. The molecule has 5 nitrogen and oxygen atoms in total. The summed E-state index contributed by atoms with van der Waals surface area (Å²) in [6.07, 6.45) is 0. The number of hydrogen-bond acceptors (Lipinski definition) is 5. The molecule has 106 valence electrons. The summed E-state index contributed by atoms with van der Waals surface area (Å²) >= 11 is 0. The van der Waals surface area contributed by atoms with E-state index < -0.39 is 11.8 Å². The number of aromatic nitrogens is 2. The third-order valence-electron chi connectivity index (χ3n) is 2.69. The van der Waals surface area contributed by atoms with Gasteiger partial charge in [0.1, 0.15) is 5.82 Å². The van der Waals surface area contributed by atoms with Crippen LogP contribution in [0.25, 0.3) is 11.5 Å². The number of benzene rings is 1. The topological polar surface area (TPSA) is 65.2 Å². The van der Waals surface area contributed by atoms with Crippen LogP contribution in [0.15, 0.2) is 22.6 Å². The van der Waals surface area contributed by atoms with Gasteiger partial charge in [-0.2, -0.15) is 0 Å². The van der Waals surface area contributed by atoms with Crippen molar-refractivity contribution in [1.29, 1.82) is 0 Å². The smallest absolute Gasteiger partial charge is 0.337 e. The highest BCUT2D eigenvalue weighted by molar-refractivity contribution is 5.89. The lowest BCUT2D eigenvalue weighted by Gasteiger charge is -2.11. The molecular formula is C14H15FN2O3. The standard InChI is InChI=1S/C14H15FN2O3/c1-14(2,3)13-17-16-11(20-13)9-6-5-8(7-10(9)15)12(18)19-4/h5-7H,1-4H3. The highest BCUT2D eigenvalue weighted by atomic mass is 19.1. The molecule has 2 rings (SSSR count). The fourth-order valence-electron chi connectivity index (χ4n) is 1.57. The van der Waals surface area contributed by atoms with E-state index >= 15 is 0 Å². The number of carbonyl (C=O) groups excluding carboxylic acids is 1. The Morgan fingerprint density at radius 2 is 2.00 bits per heavy atom. The summed E-state index contributed by atoms with van der Waals surface area (Å²) in [6, 6.07) is 3.95. The molecule has 0 fully saturated rings. The zero-order chi connectivity index (χ0) is 14.9. The fraction of sp³-hybridized carbons (Fsp3) is 0.357. The molecule has 6 heteroatoms. The maximum absolute atomic E-state index is 14.0. The zero-order valence-electron chi connectivity index (χ0n) is 11.7. The van der Waals surface area contributed by atoms with Crippen LogP contribution < -0.4 is 0 Å². The minimum atomic E-state index is -0.614. The molecule has 0 N–H and O–H groups in total. The van der Waals surface area contributed by atoms with Crippen LogP contribution in [-0.2, 0) is 10.2 Å². The van der Waals surface area contributed by atoms with Crippen LogP contribution in [0.3, 0.4) is 0 Å². The number of ether oxygens (including phenoxy) is 1. The van der Waals surface area contributed by atoms with Gasteiger partial charge in [0, 0.05) is 5.41 Å². The van der Waals surface area contributed by atoms with Crippen LogP contribution in [-0.4, -0.2) is 23.3 Å². The molecule has 0 aliphatic heterocycles. The SMILES string of the molecule is COC(=O)c1ccc(-c2nnc(C(C)(C)C)o2)c(F)c1. The summed E-state index contributed by atoms with van der Waals surface area (Å²) in [5, 5.41) is 7.74. The molecule has 1 aromatic carbocycles. The van der Waals surface area contributed by atoms with Crippen molar-refractivity contribution in [3.8, 4) is 11.5 Å². The van der Waals surface area contributed by atoms with E-state index in [-0.39, 0.29) is 22.4 Å². The second-order valence-electron chi connectivity index (χ2n) is 5.35. The Balaban J connectivity index is 2.39. The molecule has 0 aliphatic carbocycles. The summed E-state index contributed by atoms with van der Waals surface area (Å²) < 4.78 is 24.0. The predicted octanol–water partition coefficient (Wildman–Crippen LogP) is 2.96. The van der Waals surface area contributed by atoms with Crippen LogP contribution in [0.1, 0.15) is 37.0 Å². The van der Waals surface area contributed by atoms with Crippen molar-refractivity contribution in [2.45, 2.75) is 26.2 Å². The van der Waals surface area contributed by atoms with Crippen LogP contribution >= 0.6 is 0 Å². The molecule has 0 spiro atoms. The lowest BCUT2D eigenvalue weighted by atomic mass is 9.97. The van der Waals surface area contributed by atoms with Gasteiger partial charge in [0.05, 0.1) is 18.2 Å². The van der Waals surface area contributed by atoms with Gasteiger partial charge in [0.25, 0.3) is 5.89 Å². The number of halogens is 1. The van der Waals surface area contributed by atoms with E-state index in [1.165, 1.54) is 19.2 Å². The molecule has 0 aliphatic rings. The molecule has 0 bridgehead atoms. The second kappa shape index (κ2) is 5.03. The summed E-state index contributed by atoms with van der Waals surface area (Å²) in [5.41, 5.74) is -0.0294. The van der Waals surface area contributed by atoms with E-state index in [2.05, 4.69) is 14.9 Å². The highest BCUT2D eigenvalue weighted by Crippen LogP contribution is 2.27. The van der Waals surface area contributed by atoms with Gasteiger partial charge in [-0.05, 0) is 18.2 Å². The van der Waals surface area contributed by atoms with Crippen LogP contribution in [0, 0.1) is 5.82 Å². The molecule has 0 saturated heterocycles. The maximum atomic E-state index is 14.0. The molecule has 0 unspecified atom stereocenters. The van der Waals surface area contributed by atoms with Gasteiger partial charge in [-0.1, -0.05) is 20.8 Å². The summed E-state index contributed by atoms with van der Waals surface area (Å²) in [4.78, 5) is 11.3. The first-order chi connectivity index (χ1) is 9.32. The van der Waals surface area contributed by atoms with Crippen molar-refractivity contribution >= 4 is 5.97 Å². The fourth-order valence-corrected chi connectivity index (χ4v) is 1.57. The van der Waals surface area contributed by atoms with Crippen molar-refractivity contribution in [2.75, 3.05) is 7.11 Å². The predicted molar refractivity (Wildman–Crippen MR) is 69.7 cm³/mol. The molecule has 20 heavy (non-hydrogen) atoms. The number of nitrogens with zero attached hydrogens (tertiary/aromatic N) is 2. The Kier molecular flexibility index (Phi) is 3.57. The van der Waals surface area contributed by atoms with Gasteiger partial charge in [0.15, 0.2) is 0 Å². The second-order valence-corrected chi connectivity index (χ2v) is 5.35. The minimum Gasteiger partial charge on any atom is -0.465 e. The first-order valence-electron chi connectivity index (χ1n) is 6.05. The molecule has 0 atom stereocenters. The quantitative estimate of drug-likeness (QED) is 0.790. The van der Waals surface area contributed by atoms with E-state index in [4.69, 9.17) is 4.42 Å². The number of methoxy groups -OCH3 is 1. The largest absolute Gasteiger partial charge is 0.465 e. The average Bonchev–Trinajstić information content (AvgIpc) is 2.87. The summed E-state index contributed by atoms with van der Waals surface area (Å²) in [6.45, 7) is 5.75. The first kappa shape index (κ1) is 14.2. The van der Waals surface area contributed by atoms with Crippen LogP contribution in [0.4, 0.5) is 4.39 Å². The Labute approximate surface area is 115 Å². The van der Waals surface area contributed by atoms with Crippen molar-refractivity contribution in [2.24, 2.45) is 0 Å². The van der Waals surface area contributed by atoms with Crippen LogP contribution in [0.5, 0.6) is 0 Å². The molecular weight excluding hydrogens is 263 g/mol. The zero-order valence-corrected chi connectivity index (χ0v) is 11.7. The lowest BCUT2D eigenvalue weighted by Crippen LogP contribution is -2.11. The molecule has 1 heterocycles. The monoisotopic (exact) mass is 278 g/mol. The molecule has 1 aromatic heterocycles. The Hall–Kier alpha value is -2.24. The average molecular weight is 278 g/mol. The third-order valence-corrected chi connectivity index (χ3v) is 2.69. The van der Waals surface area contributed by atoms with Crippen molar-refractivity contribution in [1.82, 2.24) is 10.2 Å². The van der Waals surface area contributed by atoms with Gasteiger partial charge < -0.3 is 9.15 Å². The summed E-state index contributed by atoms with van der Waals surface area (Å²) in [7, 11) is 1.24. The van der Waals surface area contributed by atoms with Crippen molar-refractivity contribution in [3.05, 3.63) is 35.5 Å². The lowest BCUT2D eigenvalue weighted by molar-refractivity contribution is 0.0600. The normalized spacial score (nSPS) is 11.4. The van der Waals surface area contributed by atoms with E-state index in [0.29, 0.717) is 5.89 Å². The Morgan fingerprint density at radius 3 is 2.50 bits per heavy atom.